The second-order valence-electron chi connectivity index (χ2n) is 8.13. The molecule has 1 aliphatic heterocycles. The van der Waals surface area contributed by atoms with Gasteiger partial charge in [0.15, 0.2) is 0 Å². The molecule has 1 fully saturated rings. The van der Waals surface area contributed by atoms with Crippen molar-refractivity contribution in [2.45, 2.75) is 45.8 Å². The summed E-state index contributed by atoms with van der Waals surface area (Å²) in [4.78, 5) is 25.4. The fraction of sp³-hybridized carbons (Fsp3) is 0.480. The highest BCUT2D eigenvalue weighted by Crippen LogP contribution is 2.33. The molecule has 0 bridgehead atoms. The van der Waals surface area contributed by atoms with Crippen molar-refractivity contribution in [3.63, 3.8) is 0 Å². The zero-order valence-corrected chi connectivity index (χ0v) is 21.0. The van der Waals surface area contributed by atoms with Gasteiger partial charge in [0.1, 0.15) is 5.82 Å². The molecule has 35 heavy (non-hydrogen) atoms. The first-order valence-corrected chi connectivity index (χ1v) is 12.0. The van der Waals surface area contributed by atoms with E-state index in [9.17, 15) is 0 Å². The van der Waals surface area contributed by atoms with Crippen molar-refractivity contribution >= 4 is 11.8 Å². The topological polar surface area (TPSA) is 107 Å². The molecule has 0 saturated carbocycles. The number of anilines is 2. The van der Waals surface area contributed by atoms with E-state index in [-0.39, 0.29) is 12.1 Å². The van der Waals surface area contributed by atoms with Gasteiger partial charge in [-0.3, -0.25) is 0 Å². The van der Waals surface area contributed by atoms with E-state index in [1.807, 2.05) is 25.1 Å². The molecule has 0 radical (unpaired) electrons. The third kappa shape index (κ3) is 5.27. The SMILES string of the molecule is CCO[C@@H]1CN(c2ncccn2)C[C@H]1Nc1nc(CC)c(-c2ccc(OC)nc2OC)nc1CC. The van der Waals surface area contributed by atoms with E-state index < -0.39 is 0 Å². The predicted octanol–water partition coefficient (Wildman–Crippen LogP) is 3.18. The molecular formula is C25H33N7O3. The van der Waals surface area contributed by atoms with Crippen molar-refractivity contribution in [2.75, 3.05) is 44.1 Å². The maximum absolute atomic E-state index is 6.07. The Morgan fingerprint density at radius 3 is 2.37 bits per heavy atom. The lowest BCUT2D eigenvalue weighted by molar-refractivity contribution is 0.0719. The standard InChI is InChI=1S/C25H33N7O3/c1-6-17-22(16-10-11-21(33-4)31-24(16)34-5)28-18(7-2)23(29-17)30-19-14-32(15-20(19)35-8-3)25-26-12-9-13-27-25/h9-13,19-20H,6-8,14-15H2,1-5H3,(H,29,30)/t19-,20-/m1/s1. The van der Waals surface area contributed by atoms with Gasteiger partial charge < -0.3 is 24.4 Å². The summed E-state index contributed by atoms with van der Waals surface area (Å²) >= 11 is 0. The molecule has 1 aliphatic rings. The van der Waals surface area contributed by atoms with Gasteiger partial charge in [0.2, 0.25) is 17.7 Å². The number of pyridine rings is 1. The van der Waals surface area contributed by atoms with Crippen LogP contribution in [0.3, 0.4) is 0 Å². The average molecular weight is 480 g/mol. The quantitative estimate of drug-likeness (QED) is 0.466. The smallest absolute Gasteiger partial charge is 0.226 e. The van der Waals surface area contributed by atoms with Gasteiger partial charge in [-0.15, -0.1) is 0 Å². The number of hydrogen-bond acceptors (Lipinski definition) is 10. The minimum atomic E-state index is -0.0223. The first-order valence-electron chi connectivity index (χ1n) is 12.0. The second kappa shape index (κ2) is 11.3. The first kappa shape index (κ1) is 24.6. The molecule has 4 heterocycles. The van der Waals surface area contributed by atoms with E-state index in [0.717, 1.165) is 34.9 Å². The van der Waals surface area contributed by atoms with Gasteiger partial charge in [0, 0.05) is 38.2 Å². The fourth-order valence-electron chi connectivity index (χ4n) is 4.29. The Kier molecular flexibility index (Phi) is 7.91. The van der Waals surface area contributed by atoms with Crippen LogP contribution in [0, 0.1) is 0 Å². The molecule has 1 N–H and O–H groups in total. The van der Waals surface area contributed by atoms with Gasteiger partial charge in [0.25, 0.3) is 0 Å². The highest BCUT2D eigenvalue weighted by molar-refractivity contribution is 5.69. The summed E-state index contributed by atoms with van der Waals surface area (Å²) in [6, 6.07) is 5.56. The Morgan fingerprint density at radius 2 is 1.71 bits per heavy atom. The van der Waals surface area contributed by atoms with Gasteiger partial charge in [-0.1, -0.05) is 13.8 Å². The van der Waals surface area contributed by atoms with E-state index in [2.05, 4.69) is 39.0 Å². The van der Waals surface area contributed by atoms with E-state index in [4.69, 9.17) is 24.2 Å². The lowest BCUT2D eigenvalue weighted by Gasteiger charge is -2.22. The fourth-order valence-corrected chi connectivity index (χ4v) is 4.29. The zero-order valence-electron chi connectivity index (χ0n) is 21.0. The highest BCUT2D eigenvalue weighted by atomic mass is 16.5. The van der Waals surface area contributed by atoms with E-state index in [0.29, 0.717) is 43.8 Å². The number of rotatable bonds is 10. The molecule has 0 amide bonds. The Labute approximate surface area is 206 Å². The Bertz CT molecular complexity index is 1130. The van der Waals surface area contributed by atoms with Gasteiger partial charge >= 0.3 is 0 Å². The predicted molar refractivity (Wildman–Crippen MR) is 134 cm³/mol. The minimum absolute atomic E-state index is 0.0195. The van der Waals surface area contributed by atoms with Gasteiger partial charge in [-0.05, 0) is 31.9 Å². The van der Waals surface area contributed by atoms with Crippen LogP contribution < -0.4 is 19.7 Å². The van der Waals surface area contributed by atoms with Crippen LogP contribution in [0.2, 0.25) is 0 Å². The summed E-state index contributed by atoms with van der Waals surface area (Å²) in [7, 11) is 3.18. The molecule has 2 atom stereocenters. The first-order chi connectivity index (χ1) is 17.1. The summed E-state index contributed by atoms with van der Waals surface area (Å²) in [6.07, 6.45) is 4.92. The number of hydrogen-bond donors (Lipinski definition) is 1. The summed E-state index contributed by atoms with van der Waals surface area (Å²) in [5, 5.41) is 3.63. The third-order valence-electron chi connectivity index (χ3n) is 6.01. The summed E-state index contributed by atoms with van der Waals surface area (Å²) in [5.41, 5.74) is 3.30. The summed E-state index contributed by atoms with van der Waals surface area (Å²) < 4.78 is 16.9. The molecule has 0 aromatic carbocycles. The molecular weight excluding hydrogens is 446 g/mol. The van der Waals surface area contributed by atoms with E-state index >= 15 is 0 Å². The Morgan fingerprint density at radius 1 is 0.943 bits per heavy atom. The van der Waals surface area contributed by atoms with Crippen molar-refractivity contribution in [2.24, 2.45) is 0 Å². The van der Waals surface area contributed by atoms with Gasteiger partial charge in [0.05, 0.1) is 49.0 Å². The normalized spacial score (nSPS) is 17.5. The van der Waals surface area contributed by atoms with E-state index in [1.165, 1.54) is 0 Å². The zero-order chi connectivity index (χ0) is 24.8. The number of aryl methyl sites for hydroxylation is 2. The van der Waals surface area contributed by atoms with Crippen molar-refractivity contribution < 1.29 is 14.2 Å². The second-order valence-corrected chi connectivity index (χ2v) is 8.13. The summed E-state index contributed by atoms with van der Waals surface area (Å²) in [5.74, 6) is 2.42. The Balaban J connectivity index is 1.66. The highest BCUT2D eigenvalue weighted by Gasteiger charge is 2.35. The van der Waals surface area contributed by atoms with Gasteiger partial charge in [-0.25, -0.2) is 19.9 Å². The van der Waals surface area contributed by atoms with Crippen molar-refractivity contribution in [3.8, 4) is 23.0 Å². The molecule has 0 aliphatic carbocycles. The monoisotopic (exact) mass is 479 g/mol. The van der Waals surface area contributed by atoms with Crippen LogP contribution in [0.25, 0.3) is 11.3 Å². The van der Waals surface area contributed by atoms with Crippen LogP contribution in [-0.4, -0.2) is 71.0 Å². The lowest BCUT2D eigenvalue weighted by atomic mass is 10.1. The van der Waals surface area contributed by atoms with Crippen LogP contribution in [0.4, 0.5) is 11.8 Å². The number of nitrogens with zero attached hydrogens (tertiary/aromatic N) is 6. The maximum Gasteiger partial charge on any atom is 0.226 e. The Hall–Kier alpha value is -3.53. The molecule has 0 unspecified atom stereocenters. The van der Waals surface area contributed by atoms with Crippen molar-refractivity contribution in [1.82, 2.24) is 24.9 Å². The van der Waals surface area contributed by atoms with E-state index in [1.54, 1.807) is 26.6 Å². The largest absolute Gasteiger partial charge is 0.481 e. The molecule has 186 valence electrons. The summed E-state index contributed by atoms with van der Waals surface area (Å²) in [6.45, 7) is 8.20. The molecule has 1 saturated heterocycles. The molecule has 0 spiro atoms. The number of ether oxygens (including phenoxy) is 3. The van der Waals surface area contributed by atoms with Crippen molar-refractivity contribution in [3.05, 3.63) is 42.0 Å². The number of aromatic nitrogens is 5. The van der Waals surface area contributed by atoms with Crippen LogP contribution in [0.5, 0.6) is 11.8 Å². The molecule has 3 aromatic heterocycles. The van der Waals surface area contributed by atoms with Crippen LogP contribution >= 0.6 is 0 Å². The number of methoxy groups -OCH3 is 2. The maximum atomic E-state index is 6.07. The van der Waals surface area contributed by atoms with Crippen molar-refractivity contribution in [1.29, 1.82) is 0 Å². The van der Waals surface area contributed by atoms with Crippen LogP contribution in [0.15, 0.2) is 30.6 Å². The molecule has 3 aromatic rings. The minimum Gasteiger partial charge on any atom is -0.481 e. The number of nitrogens with one attached hydrogen (secondary N) is 1. The van der Waals surface area contributed by atoms with Crippen LogP contribution in [-0.2, 0) is 17.6 Å². The third-order valence-corrected chi connectivity index (χ3v) is 6.01. The average Bonchev–Trinajstić information content (AvgIpc) is 3.31. The van der Waals surface area contributed by atoms with Gasteiger partial charge in [-0.2, -0.15) is 4.98 Å². The lowest BCUT2D eigenvalue weighted by Crippen LogP contribution is -2.35. The molecule has 10 heteroatoms. The molecule has 10 nitrogen and oxygen atoms in total. The molecule has 4 rings (SSSR count). The van der Waals surface area contributed by atoms with Crippen LogP contribution in [0.1, 0.15) is 32.2 Å².